The Bertz CT molecular complexity index is 1510. The fourth-order valence-corrected chi connectivity index (χ4v) is 4.22. The number of rotatable bonds is 10. The van der Waals surface area contributed by atoms with Gasteiger partial charge >= 0.3 is 33.4 Å². The van der Waals surface area contributed by atoms with E-state index < -0.39 is 29.2 Å². The van der Waals surface area contributed by atoms with Gasteiger partial charge in [0.2, 0.25) is 0 Å². The third-order valence-corrected chi connectivity index (χ3v) is 6.12. The van der Waals surface area contributed by atoms with Crippen molar-refractivity contribution in [1.82, 2.24) is 9.97 Å². The quantitative estimate of drug-likeness (QED) is 0.0581. The number of allylic oxidation sites excluding steroid dienone is 2. The van der Waals surface area contributed by atoms with Gasteiger partial charge in [0, 0.05) is 34.4 Å². The van der Waals surface area contributed by atoms with E-state index in [4.69, 9.17) is 20.8 Å². The average molecular weight is 788 g/mol. The first-order chi connectivity index (χ1) is 20.4. The number of aromatic nitrogens is 2. The molecule has 0 saturated heterocycles. The number of alkyl halides is 6. The van der Waals surface area contributed by atoms with Crippen LogP contribution in [0.1, 0.15) is 22.5 Å². The van der Waals surface area contributed by atoms with Crippen LogP contribution in [0.4, 0.5) is 38.0 Å². The van der Waals surface area contributed by atoms with Crippen molar-refractivity contribution in [2.24, 2.45) is 0 Å². The van der Waals surface area contributed by atoms with Crippen molar-refractivity contribution in [3.63, 3.8) is 0 Å². The van der Waals surface area contributed by atoms with E-state index in [1.165, 1.54) is 12.1 Å². The largest absolute Gasteiger partial charge is 2.00 e. The molecule has 13 heteroatoms. The van der Waals surface area contributed by atoms with Crippen molar-refractivity contribution in [1.29, 1.82) is 10.8 Å². The van der Waals surface area contributed by atoms with Gasteiger partial charge in [-0.15, -0.1) is 24.6 Å². The molecule has 6 nitrogen and oxygen atoms in total. The van der Waals surface area contributed by atoms with Gasteiger partial charge in [-0.25, -0.2) is 0 Å². The third-order valence-electron chi connectivity index (χ3n) is 6.12. The predicted molar refractivity (Wildman–Crippen MR) is 151 cm³/mol. The van der Waals surface area contributed by atoms with Crippen LogP contribution in [0, 0.1) is 23.2 Å². The molecular weight excluding hydrogens is 765 g/mol. The molecule has 2 aromatic heterocycles. The maximum Gasteiger partial charge on any atom is 2.00 e. The molecule has 2 heterocycles. The van der Waals surface area contributed by atoms with Gasteiger partial charge in [0.1, 0.15) is 5.41 Å². The summed E-state index contributed by atoms with van der Waals surface area (Å²) in [6.07, 6.45) is -4.27. The Kier molecular flexibility index (Phi) is 11.0. The number of anilines is 2. The zero-order valence-electron chi connectivity index (χ0n) is 22.4. The van der Waals surface area contributed by atoms with Gasteiger partial charge in [0.05, 0.1) is 0 Å². The first kappa shape index (κ1) is 33.9. The van der Waals surface area contributed by atoms with Gasteiger partial charge in [0.25, 0.3) is 0 Å². The molecule has 0 bridgehead atoms. The molecule has 0 unspecified atom stereocenters. The minimum Gasteiger partial charge on any atom is -0.453 e. The summed E-state index contributed by atoms with van der Waals surface area (Å²) < 4.78 is 76.5. The molecule has 228 valence electrons. The summed E-state index contributed by atoms with van der Waals surface area (Å²) in [4.78, 5) is 9.39. The molecule has 0 spiro atoms. The molecule has 0 saturated carbocycles. The molecule has 0 aliphatic heterocycles. The van der Waals surface area contributed by atoms with Crippen molar-refractivity contribution in [2.75, 3.05) is 10.6 Å². The molecule has 0 fully saturated rings. The summed E-state index contributed by atoms with van der Waals surface area (Å²) in [6, 6.07) is 28.1. The summed E-state index contributed by atoms with van der Waals surface area (Å²) in [5.74, 6) is 0.271. The summed E-state index contributed by atoms with van der Waals surface area (Å²) >= 11 is 0. The fourth-order valence-electron chi connectivity index (χ4n) is 4.22. The zero-order valence-corrected chi connectivity index (χ0v) is 24.6. The molecule has 44 heavy (non-hydrogen) atoms. The topological polar surface area (TPSA) is 97.5 Å². The van der Waals surface area contributed by atoms with E-state index in [1.54, 1.807) is 24.3 Å². The van der Waals surface area contributed by atoms with Gasteiger partial charge in [-0.3, -0.25) is 9.97 Å². The molecular formula is C31H22F6N6Pt. The molecule has 0 amide bonds. The maximum atomic E-state index is 12.7. The maximum absolute atomic E-state index is 12.7. The van der Waals surface area contributed by atoms with Crippen LogP contribution in [0.3, 0.4) is 0 Å². The Morgan fingerprint density at radius 3 is 1.27 bits per heavy atom. The number of halogens is 6. The third kappa shape index (κ3) is 7.87. The van der Waals surface area contributed by atoms with E-state index in [2.05, 4.69) is 23.0 Å². The minimum atomic E-state index is -4.83. The normalized spacial score (nSPS) is 12.1. The number of hydrogen-bond donors (Lipinski definition) is 4. The molecule has 0 aliphatic carbocycles. The summed E-state index contributed by atoms with van der Waals surface area (Å²) in [5.41, 5.74) is -2.16. The van der Waals surface area contributed by atoms with Crippen LogP contribution in [0.25, 0.3) is 0 Å². The monoisotopic (exact) mass is 787 g/mol. The summed E-state index contributed by atoms with van der Waals surface area (Å²) in [6.45, 7) is 0. The Hall–Kier alpha value is -4.57. The van der Waals surface area contributed by atoms with Gasteiger partial charge in [-0.1, -0.05) is 84.9 Å². The Morgan fingerprint density at radius 2 is 0.932 bits per heavy atom. The van der Waals surface area contributed by atoms with E-state index in [-0.39, 0.29) is 32.7 Å². The summed E-state index contributed by atoms with van der Waals surface area (Å²) in [5, 5.41) is 19.3. The summed E-state index contributed by atoms with van der Waals surface area (Å²) in [7, 11) is 0. The number of nitrogens with zero attached hydrogens (tertiary/aromatic N) is 2. The van der Waals surface area contributed by atoms with E-state index in [0.29, 0.717) is 34.7 Å². The second kappa shape index (κ2) is 14.3. The van der Waals surface area contributed by atoms with E-state index in [1.807, 2.05) is 60.7 Å². The molecule has 0 aliphatic rings. The molecule has 4 N–H and O–H groups in total. The predicted octanol–water partition coefficient (Wildman–Crippen LogP) is 7.48. The first-order valence-electron chi connectivity index (χ1n) is 12.5. The number of pyridine rings is 2. The van der Waals surface area contributed by atoms with Crippen molar-refractivity contribution in [2.45, 2.75) is 17.8 Å². The number of hydrogen-bond acceptors (Lipinski definition) is 6. The van der Waals surface area contributed by atoms with Gasteiger partial charge in [0.15, 0.2) is 0 Å². The van der Waals surface area contributed by atoms with Crippen molar-refractivity contribution < 1.29 is 47.4 Å². The minimum absolute atomic E-state index is 0. The fraction of sp³-hybridized carbons (Fsp3) is 0.0968. The zero-order chi connectivity index (χ0) is 31.1. The van der Waals surface area contributed by atoms with Crippen LogP contribution in [0.5, 0.6) is 0 Å². The van der Waals surface area contributed by atoms with E-state index in [0.717, 1.165) is 0 Å². The SMILES string of the molecule is N=C(C=[C-]Nc1cccc(C(c2ccccc2)(c2ccccc2)c2cccc(N[C-]=CC(=N)C(F)(F)F)n2)n1)C(F)(F)F.[Pt+2]. The van der Waals surface area contributed by atoms with Crippen LogP contribution >= 0.6 is 0 Å². The molecule has 4 aromatic rings. The van der Waals surface area contributed by atoms with Crippen LogP contribution in [0.15, 0.2) is 109 Å². The van der Waals surface area contributed by atoms with Crippen molar-refractivity contribution in [3.8, 4) is 0 Å². The van der Waals surface area contributed by atoms with Gasteiger partial charge in [-0.05, 0) is 23.3 Å². The smallest absolute Gasteiger partial charge is 0.453 e. The van der Waals surface area contributed by atoms with Crippen LogP contribution < -0.4 is 10.6 Å². The number of nitrogens with one attached hydrogen (secondary N) is 4. The van der Waals surface area contributed by atoms with Crippen LogP contribution in [0.2, 0.25) is 0 Å². The van der Waals surface area contributed by atoms with Crippen LogP contribution in [-0.4, -0.2) is 33.7 Å². The van der Waals surface area contributed by atoms with Gasteiger partial charge in [-0.2, -0.15) is 26.3 Å². The van der Waals surface area contributed by atoms with E-state index in [9.17, 15) is 26.3 Å². The second-order valence-electron chi connectivity index (χ2n) is 8.95. The van der Waals surface area contributed by atoms with Gasteiger partial charge < -0.3 is 21.5 Å². The molecule has 0 radical (unpaired) electrons. The second-order valence-corrected chi connectivity index (χ2v) is 8.95. The molecule has 4 rings (SSSR count). The number of benzene rings is 2. The van der Waals surface area contributed by atoms with E-state index >= 15 is 0 Å². The van der Waals surface area contributed by atoms with Crippen LogP contribution in [-0.2, 0) is 26.5 Å². The Balaban J connectivity index is 0.00000529. The first-order valence-corrected chi connectivity index (χ1v) is 12.5. The Labute approximate surface area is 263 Å². The molecule has 2 aromatic carbocycles. The average Bonchev–Trinajstić information content (AvgIpc) is 2.98. The standard InChI is InChI=1S/C31H22F6N6.Pt/c32-30(33,34)23(38)17-19-40-27-15-7-13-25(42-27)29(21-9-3-1-4-10-21,22-11-5-2-6-12-22)26-14-8-16-28(43-26)41-20-18-24(39)31(35,36)37;/h1-18,38-39H,(H,40,42)(H,41,43);/q-2;+2. The molecule has 0 atom stereocenters. The van der Waals surface area contributed by atoms with Crippen molar-refractivity contribution in [3.05, 3.63) is 144 Å². The van der Waals surface area contributed by atoms with Crippen molar-refractivity contribution >= 4 is 23.1 Å². The Morgan fingerprint density at radius 1 is 0.568 bits per heavy atom.